The summed E-state index contributed by atoms with van der Waals surface area (Å²) in [6, 6.07) is 10.5. The third kappa shape index (κ3) is 4.02. The quantitative estimate of drug-likeness (QED) is 0.767. The Hall–Kier alpha value is -1.06. The second-order valence-electron chi connectivity index (χ2n) is 4.45. The summed E-state index contributed by atoms with van der Waals surface area (Å²) in [6.45, 7) is 1.31. The maximum Gasteiger partial charge on any atom is 0.119 e. The molecule has 1 aromatic carbocycles. The van der Waals surface area contributed by atoms with Gasteiger partial charge in [-0.15, -0.1) is 0 Å². The van der Waals surface area contributed by atoms with Gasteiger partial charge in [0.15, 0.2) is 0 Å². The van der Waals surface area contributed by atoms with Crippen LogP contribution in [0.3, 0.4) is 0 Å². The van der Waals surface area contributed by atoms with Crippen LogP contribution in [0.1, 0.15) is 19.3 Å². The standard InChI is InChI=1S/C14H21NO2/c1-15-12-7-8-14(11-12)17-10-9-16-13-5-3-2-4-6-13/h2-6,12,14-15H,7-11H2,1H3. The first kappa shape index (κ1) is 12.4. The molecule has 0 aliphatic heterocycles. The highest BCUT2D eigenvalue weighted by atomic mass is 16.5. The predicted octanol–water partition coefficient (Wildman–Crippen LogP) is 2.22. The van der Waals surface area contributed by atoms with E-state index in [-0.39, 0.29) is 0 Å². The van der Waals surface area contributed by atoms with E-state index in [1.54, 1.807) is 0 Å². The van der Waals surface area contributed by atoms with Crippen molar-refractivity contribution in [2.24, 2.45) is 0 Å². The highest BCUT2D eigenvalue weighted by Crippen LogP contribution is 2.21. The van der Waals surface area contributed by atoms with Gasteiger partial charge in [0.2, 0.25) is 0 Å². The van der Waals surface area contributed by atoms with E-state index in [4.69, 9.17) is 9.47 Å². The largest absolute Gasteiger partial charge is 0.491 e. The molecule has 0 bridgehead atoms. The van der Waals surface area contributed by atoms with Crippen molar-refractivity contribution in [3.8, 4) is 5.75 Å². The molecule has 0 heterocycles. The van der Waals surface area contributed by atoms with Crippen LogP contribution >= 0.6 is 0 Å². The number of nitrogens with one attached hydrogen (secondary N) is 1. The number of ether oxygens (including phenoxy) is 2. The number of para-hydroxylation sites is 1. The molecule has 1 saturated carbocycles. The number of hydrogen-bond acceptors (Lipinski definition) is 3. The lowest BCUT2D eigenvalue weighted by Gasteiger charge is -2.13. The van der Waals surface area contributed by atoms with Gasteiger partial charge in [0.25, 0.3) is 0 Å². The van der Waals surface area contributed by atoms with Crippen LogP contribution in [-0.4, -0.2) is 32.4 Å². The second-order valence-corrected chi connectivity index (χ2v) is 4.45. The summed E-state index contributed by atoms with van der Waals surface area (Å²) < 4.78 is 11.4. The van der Waals surface area contributed by atoms with Crippen LogP contribution in [0.2, 0.25) is 0 Å². The Labute approximate surface area is 103 Å². The summed E-state index contributed by atoms with van der Waals surface area (Å²) in [5, 5.41) is 3.30. The molecule has 3 nitrogen and oxygen atoms in total. The van der Waals surface area contributed by atoms with Gasteiger partial charge in [0.05, 0.1) is 12.7 Å². The van der Waals surface area contributed by atoms with Gasteiger partial charge in [-0.3, -0.25) is 0 Å². The van der Waals surface area contributed by atoms with Gasteiger partial charge >= 0.3 is 0 Å². The molecule has 2 rings (SSSR count). The van der Waals surface area contributed by atoms with Crippen molar-refractivity contribution in [3.05, 3.63) is 30.3 Å². The Morgan fingerprint density at radius 2 is 2.00 bits per heavy atom. The Kier molecular flexibility index (Phi) is 4.83. The Balaban J connectivity index is 1.58. The molecular weight excluding hydrogens is 214 g/mol. The van der Waals surface area contributed by atoms with Crippen molar-refractivity contribution in [3.63, 3.8) is 0 Å². The Morgan fingerprint density at radius 1 is 1.18 bits per heavy atom. The van der Waals surface area contributed by atoms with Gasteiger partial charge in [-0.1, -0.05) is 18.2 Å². The molecule has 0 saturated heterocycles. The minimum Gasteiger partial charge on any atom is -0.491 e. The monoisotopic (exact) mass is 235 g/mol. The van der Waals surface area contributed by atoms with Crippen LogP contribution in [0.25, 0.3) is 0 Å². The van der Waals surface area contributed by atoms with Crippen molar-refractivity contribution < 1.29 is 9.47 Å². The molecule has 0 spiro atoms. The Bertz CT molecular complexity index is 315. The van der Waals surface area contributed by atoms with E-state index in [0.717, 1.165) is 18.6 Å². The van der Waals surface area contributed by atoms with Gasteiger partial charge in [0, 0.05) is 6.04 Å². The average Bonchev–Trinajstić information content (AvgIpc) is 2.84. The topological polar surface area (TPSA) is 30.5 Å². The molecule has 0 aromatic heterocycles. The summed E-state index contributed by atoms with van der Waals surface area (Å²) in [5.74, 6) is 0.913. The summed E-state index contributed by atoms with van der Waals surface area (Å²) in [4.78, 5) is 0. The first-order chi connectivity index (χ1) is 8.38. The van der Waals surface area contributed by atoms with Crippen LogP contribution in [0, 0.1) is 0 Å². The van der Waals surface area contributed by atoms with Crippen LogP contribution in [0.5, 0.6) is 5.75 Å². The maximum atomic E-state index is 5.79. The zero-order chi connectivity index (χ0) is 11.9. The van der Waals surface area contributed by atoms with Crippen LogP contribution in [-0.2, 0) is 4.74 Å². The molecule has 1 aliphatic rings. The fourth-order valence-corrected chi connectivity index (χ4v) is 2.24. The molecule has 94 valence electrons. The van der Waals surface area contributed by atoms with Gasteiger partial charge in [-0.2, -0.15) is 0 Å². The molecule has 1 aliphatic carbocycles. The van der Waals surface area contributed by atoms with E-state index in [0.29, 0.717) is 25.4 Å². The van der Waals surface area contributed by atoms with E-state index in [1.165, 1.54) is 6.42 Å². The zero-order valence-electron chi connectivity index (χ0n) is 10.4. The molecule has 3 heteroatoms. The van der Waals surface area contributed by atoms with Crippen LogP contribution in [0.4, 0.5) is 0 Å². The van der Waals surface area contributed by atoms with Crippen LogP contribution in [0.15, 0.2) is 30.3 Å². The molecular formula is C14H21NO2. The fraction of sp³-hybridized carbons (Fsp3) is 0.571. The summed E-state index contributed by atoms with van der Waals surface area (Å²) in [5.41, 5.74) is 0. The minimum atomic E-state index is 0.409. The first-order valence-electron chi connectivity index (χ1n) is 6.35. The Morgan fingerprint density at radius 3 is 2.71 bits per heavy atom. The van der Waals surface area contributed by atoms with E-state index >= 15 is 0 Å². The minimum absolute atomic E-state index is 0.409. The SMILES string of the molecule is CNC1CCC(OCCOc2ccccc2)C1. The maximum absolute atomic E-state index is 5.79. The lowest BCUT2D eigenvalue weighted by Crippen LogP contribution is -2.23. The molecule has 1 aromatic rings. The second kappa shape index (κ2) is 6.62. The van der Waals surface area contributed by atoms with Crippen molar-refractivity contribution in [1.29, 1.82) is 0 Å². The first-order valence-corrected chi connectivity index (χ1v) is 6.35. The molecule has 1 fully saturated rings. The van der Waals surface area contributed by atoms with E-state index in [2.05, 4.69) is 5.32 Å². The summed E-state index contributed by atoms with van der Waals surface area (Å²) in [7, 11) is 2.02. The van der Waals surface area contributed by atoms with E-state index in [1.807, 2.05) is 37.4 Å². The number of hydrogen-bond donors (Lipinski definition) is 1. The molecule has 0 radical (unpaired) electrons. The average molecular weight is 235 g/mol. The van der Waals surface area contributed by atoms with E-state index < -0.39 is 0 Å². The van der Waals surface area contributed by atoms with Crippen molar-refractivity contribution in [2.75, 3.05) is 20.3 Å². The normalized spacial score (nSPS) is 23.8. The van der Waals surface area contributed by atoms with Gasteiger partial charge in [-0.05, 0) is 38.4 Å². The van der Waals surface area contributed by atoms with Gasteiger partial charge in [-0.25, -0.2) is 0 Å². The summed E-state index contributed by atoms with van der Waals surface area (Å²) in [6.07, 6.45) is 3.92. The highest BCUT2D eigenvalue weighted by Gasteiger charge is 2.23. The predicted molar refractivity (Wildman–Crippen MR) is 68.4 cm³/mol. The lowest BCUT2D eigenvalue weighted by atomic mass is 10.2. The van der Waals surface area contributed by atoms with Gasteiger partial charge in [0.1, 0.15) is 12.4 Å². The zero-order valence-corrected chi connectivity index (χ0v) is 10.4. The fourth-order valence-electron chi connectivity index (χ4n) is 2.24. The van der Waals surface area contributed by atoms with Crippen molar-refractivity contribution >= 4 is 0 Å². The number of rotatable bonds is 6. The van der Waals surface area contributed by atoms with Crippen molar-refractivity contribution in [2.45, 2.75) is 31.4 Å². The smallest absolute Gasteiger partial charge is 0.119 e. The molecule has 2 unspecified atom stereocenters. The summed E-state index contributed by atoms with van der Waals surface area (Å²) >= 11 is 0. The van der Waals surface area contributed by atoms with Crippen LogP contribution < -0.4 is 10.1 Å². The highest BCUT2D eigenvalue weighted by molar-refractivity contribution is 5.20. The third-order valence-electron chi connectivity index (χ3n) is 3.24. The lowest BCUT2D eigenvalue weighted by molar-refractivity contribution is 0.0370. The third-order valence-corrected chi connectivity index (χ3v) is 3.24. The van der Waals surface area contributed by atoms with Gasteiger partial charge < -0.3 is 14.8 Å². The molecule has 0 amide bonds. The number of benzene rings is 1. The van der Waals surface area contributed by atoms with Crippen molar-refractivity contribution in [1.82, 2.24) is 5.32 Å². The van der Waals surface area contributed by atoms with E-state index in [9.17, 15) is 0 Å². The molecule has 1 N–H and O–H groups in total. The molecule has 17 heavy (non-hydrogen) atoms. The molecule has 2 atom stereocenters.